The normalized spacial score (nSPS) is 22.0. The van der Waals surface area contributed by atoms with Gasteiger partial charge in [0.15, 0.2) is 12.2 Å². The van der Waals surface area contributed by atoms with Crippen LogP contribution in [-0.4, -0.2) is 72.7 Å². The van der Waals surface area contributed by atoms with E-state index in [1.54, 1.807) is 4.90 Å². The molecule has 0 bridgehead atoms. The van der Waals surface area contributed by atoms with Gasteiger partial charge in [0.25, 0.3) is 5.91 Å². The first-order chi connectivity index (χ1) is 12.5. The Labute approximate surface area is 155 Å². The molecule has 2 amide bonds. The van der Waals surface area contributed by atoms with Crippen LogP contribution in [0.15, 0.2) is 24.3 Å². The molecule has 3 rings (SSSR count). The van der Waals surface area contributed by atoms with E-state index in [0.717, 1.165) is 5.69 Å². The molecule has 2 aliphatic heterocycles. The number of benzene rings is 1. The van der Waals surface area contributed by atoms with Crippen molar-refractivity contribution in [2.45, 2.75) is 18.6 Å². The van der Waals surface area contributed by atoms with Crippen molar-refractivity contribution >= 4 is 35.1 Å². The Bertz CT molecular complexity index is 705. The third-order valence-electron chi connectivity index (χ3n) is 4.46. The molecule has 140 valence electrons. The maximum atomic E-state index is 12.3. The number of amides is 2. The molecule has 9 heteroatoms. The van der Waals surface area contributed by atoms with Gasteiger partial charge in [0.2, 0.25) is 5.91 Å². The summed E-state index contributed by atoms with van der Waals surface area (Å²) in [6.07, 6.45) is -1.84. The zero-order valence-corrected chi connectivity index (χ0v) is 14.8. The van der Waals surface area contributed by atoms with Crippen LogP contribution >= 0.6 is 11.6 Å². The number of rotatable bonds is 6. The predicted octanol–water partition coefficient (Wildman–Crippen LogP) is 0.347. The van der Waals surface area contributed by atoms with E-state index in [1.807, 2.05) is 24.3 Å². The Morgan fingerprint density at radius 2 is 1.85 bits per heavy atom. The van der Waals surface area contributed by atoms with Crippen LogP contribution in [0.3, 0.4) is 0 Å². The molecule has 26 heavy (non-hydrogen) atoms. The number of ether oxygens (including phenoxy) is 1. The minimum Gasteiger partial charge on any atom is -0.479 e. The van der Waals surface area contributed by atoms with Crippen molar-refractivity contribution in [1.29, 1.82) is 0 Å². The molecule has 1 aromatic carbocycles. The first-order valence-corrected chi connectivity index (χ1v) is 8.78. The summed E-state index contributed by atoms with van der Waals surface area (Å²) in [7, 11) is 0. The Morgan fingerprint density at radius 1 is 1.15 bits per heavy atom. The Kier molecular flexibility index (Phi) is 5.63. The summed E-state index contributed by atoms with van der Waals surface area (Å²) in [6.45, 7) is 2.72. The molecule has 8 nitrogen and oxygen atoms in total. The van der Waals surface area contributed by atoms with Crippen molar-refractivity contribution in [3.63, 3.8) is 0 Å². The number of carbonyl (C=O) groups excluding carboxylic acids is 2. The van der Waals surface area contributed by atoms with Crippen molar-refractivity contribution in [2.24, 2.45) is 0 Å². The van der Waals surface area contributed by atoms with Gasteiger partial charge in [-0.1, -0.05) is 23.7 Å². The fourth-order valence-electron chi connectivity index (χ4n) is 2.96. The number of carboxylic acids is 1. The molecule has 0 spiro atoms. The Hall–Kier alpha value is -2.32. The van der Waals surface area contributed by atoms with Crippen LogP contribution in [-0.2, 0) is 19.1 Å². The highest BCUT2D eigenvalue weighted by molar-refractivity contribution is 6.33. The number of nitrogens with zero attached hydrogens (tertiary/aromatic N) is 2. The minimum absolute atomic E-state index is 0.0457. The van der Waals surface area contributed by atoms with Crippen LogP contribution in [0.5, 0.6) is 0 Å². The van der Waals surface area contributed by atoms with Crippen LogP contribution in [0.4, 0.5) is 5.69 Å². The number of anilines is 1. The van der Waals surface area contributed by atoms with E-state index in [-0.39, 0.29) is 18.9 Å². The second-order valence-corrected chi connectivity index (χ2v) is 6.58. The molecule has 0 unspecified atom stereocenters. The molecule has 1 aromatic rings. The third-order valence-corrected chi connectivity index (χ3v) is 4.78. The van der Waals surface area contributed by atoms with E-state index in [1.165, 1.54) is 0 Å². The first-order valence-electron chi connectivity index (χ1n) is 8.40. The maximum Gasteiger partial charge on any atom is 0.336 e. The lowest BCUT2D eigenvalue weighted by Gasteiger charge is -2.36. The first kappa shape index (κ1) is 18.5. The smallest absolute Gasteiger partial charge is 0.336 e. The quantitative estimate of drug-likeness (QED) is 0.689. The highest BCUT2D eigenvalue weighted by atomic mass is 35.5. The third kappa shape index (κ3) is 4.25. The minimum atomic E-state index is -1.15. The molecule has 2 heterocycles. The summed E-state index contributed by atoms with van der Waals surface area (Å²) < 4.78 is 4.75. The molecule has 2 fully saturated rings. The average Bonchev–Trinajstić information content (AvgIpc) is 3.43. The standard InChI is InChI=1S/C17H20ClN3O5/c18-11-3-1-2-4-12(11)20-7-9-21(10-8-20)13(22)5-6-19-16(23)14-15(26-14)17(24)25/h1-4,14-15H,5-10H2,(H,19,23)(H,24,25)/t14-,15-/m0/s1. The molecular weight excluding hydrogens is 362 g/mol. The number of hydrogen-bond acceptors (Lipinski definition) is 5. The van der Waals surface area contributed by atoms with E-state index in [4.69, 9.17) is 21.4 Å². The summed E-state index contributed by atoms with van der Waals surface area (Å²) in [6, 6.07) is 7.61. The van der Waals surface area contributed by atoms with Gasteiger partial charge in [-0.3, -0.25) is 9.59 Å². The Morgan fingerprint density at radius 3 is 2.46 bits per heavy atom. The van der Waals surface area contributed by atoms with Crippen molar-refractivity contribution in [3.05, 3.63) is 29.3 Å². The number of nitrogens with one attached hydrogen (secondary N) is 1. The van der Waals surface area contributed by atoms with E-state index in [0.29, 0.717) is 31.2 Å². The predicted molar refractivity (Wildman–Crippen MR) is 94.2 cm³/mol. The highest BCUT2D eigenvalue weighted by Crippen LogP contribution is 2.26. The van der Waals surface area contributed by atoms with E-state index < -0.39 is 24.1 Å². The van der Waals surface area contributed by atoms with Crippen molar-refractivity contribution < 1.29 is 24.2 Å². The zero-order valence-electron chi connectivity index (χ0n) is 14.1. The van der Waals surface area contributed by atoms with Crippen LogP contribution in [0.1, 0.15) is 6.42 Å². The van der Waals surface area contributed by atoms with Crippen LogP contribution in [0, 0.1) is 0 Å². The van der Waals surface area contributed by atoms with E-state index in [9.17, 15) is 14.4 Å². The second-order valence-electron chi connectivity index (χ2n) is 6.18. The molecule has 0 aromatic heterocycles. The largest absolute Gasteiger partial charge is 0.479 e. The van der Waals surface area contributed by atoms with Gasteiger partial charge < -0.3 is 25.0 Å². The fourth-order valence-corrected chi connectivity index (χ4v) is 3.21. The van der Waals surface area contributed by atoms with Gasteiger partial charge >= 0.3 is 5.97 Å². The summed E-state index contributed by atoms with van der Waals surface area (Å²) >= 11 is 6.21. The number of para-hydroxylation sites is 1. The number of aliphatic carboxylic acids is 1. The summed E-state index contributed by atoms with van der Waals surface area (Å²) in [4.78, 5) is 38.5. The molecule has 0 radical (unpaired) electrons. The van der Waals surface area contributed by atoms with Crippen LogP contribution in [0.2, 0.25) is 5.02 Å². The Balaban J connectivity index is 1.38. The number of piperazine rings is 1. The van der Waals surface area contributed by atoms with Gasteiger partial charge in [0, 0.05) is 39.1 Å². The number of carbonyl (C=O) groups is 3. The SMILES string of the molecule is O=C(O)[C@H]1O[C@@H]1C(=O)NCCC(=O)N1CCN(c2ccccc2Cl)CC1. The van der Waals surface area contributed by atoms with Gasteiger partial charge in [-0.05, 0) is 12.1 Å². The van der Waals surface area contributed by atoms with Gasteiger partial charge in [-0.15, -0.1) is 0 Å². The monoisotopic (exact) mass is 381 g/mol. The van der Waals surface area contributed by atoms with Gasteiger partial charge in [-0.2, -0.15) is 0 Å². The summed E-state index contributed by atoms with van der Waals surface area (Å²) in [5.74, 6) is -1.69. The summed E-state index contributed by atoms with van der Waals surface area (Å²) in [5, 5.41) is 11.9. The van der Waals surface area contributed by atoms with Crippen LogP contribution in [0.25, 0.3) is 0 Å². The fraction of sp³-hybridized carbons (Fsp3) is 0.471. The summed E-state index contributed by atoms with van der Waals surface area (Å²) in [5.41, 5.74) is 0.964. The van der Waals surface area contributed by atoms with Gasteiger partial charge in [0.1, 0.15) is 0 Å². The van der Waals surface area contributed by atoms with E-state index in [2.05, 4.69) is 10.2 Å². The molecule has 2 atom stereocenters. The molecule has 2 N–H and O–H groups in total. The number of halogens is 1. The maximum absolute atomic E-state index is 12.3. The molecule has 0 aliphatic carbocycles. The van der Waals surface area contributed by atoms with E-state index >= 15 is 0 Å². The molecule has 0 saturated carbocycles. The highest BCUT2D eigenvalue weighted by Gasteiger charge is 2.50. The lowest BCUT2D eigenvalue weighted by Crippen LogP contribution is -2.49. The van der Waals surface area contributed by atoms with Gasteiger partial charge in [0.05, 0.1) is 10.7 Å². The van der Waals surface area contributed by atoms with Crippen molar-refractivity contribution in [2.75, 3.05) is 37.6 Å². The van der Waals surface area contributed by atoms with Gasteiger partial charge in [-0.25, -0.2) is 4.79 Å². The molecular formula is C17H20ClN3O5. The average molecular weight is 382 g/mol. The van der Waals surface area contributed by atoms with Crippen molar-refractivity contribution in [3.8, 4) is 0 Å². The number of epoxide rings is 1. The molecule has 2 aliphatic rings. The zero-order chi connectivity index (χ0) is 18.7. The number of carboxylic acid groups (broad SMARTS) is 1. The number of hydrogen-bond donors (Lipinski definition) is 2. The van der Waals surface area contributed by atoms with Crippen molar-refractivity contribution in [1.82, 2.24) is 10.2 Å². The topological polar surface area (TPSA) is 102 Å². The second kappa shape index (κ2) is 7.92. The van der Waals surface area contributed by atoms with Crippen LogP contribution < -0.4 is 10.2 Å². The molecule has 2 saturated heterocycles. The lowest BCUT2D eigenvalue weighted by molar-refractivity contribution is -0.138. The lowest BCUT2D eigenvalue weighted by atomic mass is 10.2.